The van der Waals surface area contributed by atoms with Gasteiger partial charge in [0.1, 0.15) is 5.69 Å². The third-order valence-electron chi connectivity index (χ3n) is 4.84. The minimum absolute atomic E-state index is 0.0507. The number of benzene rings is 1. The quantitative estimate of drug-likeness (QED) is 0.764. The summed E-state index contributed by atoms with van der Waals surface area (Å²) in [5, 5.41) is 2.84. The van der Waals surface area contributed by atoms with Gasteiger partial charge in [-0.2, -0.15) is 0 Å². The van der Waals surface area contributed by atoms with Crippen LogP contribution in [0.2, 0.25) is 0 Å². The van der Waals surface area contributed by atoms with E-state index in [2.05, 4.69) is 15.3 Å². The monoisotopic (exact) mass is 372 g/mol. The minimum atomic E-state index is -0.254. The molecular weight excluding hydrogens is 352 g/mol. The number of carbonyl (C=O) groups is 2. The van der Waals surface area contributed by atoms with Crippen molar-refractivity contribution in [3.8, 4) is 0 Å². The van der Waals surface area contributed by atoms with Crippen LogP contribution in [0.15, 0.2) is 67.1 Å². The van der Waals surface area contributed by atoms with Crippen LogP contribution in [-0.2, 0) is 13.0 Å². The van der Waals surface area contributed by atoms with Gasteiger partial charge in [0.25, 0.3) is 11.8 Å². The highest BCUT2D eigenvalue weighted by atomic mass is 16.2. The van der Waals surface area contributed by atoms with E-state index < -0.39 is 0 Å². The molecule has 2 aromatic heterocycles. The van der Waals surface area contributed by atoms with Crippen molar-refractivity contribution in [3.05, 3.63) is 89.5 Å². The zero-order valence-electron chi connectivity index (χ0n) is 15.5. The molecule has 1 N–H and O–H groups in total. The number of para-hydroxylation sites is 1. The summed E-state index contributed by atoms with van der Waals surface area (Å²) in [6.07, 6.45) is 5.70. The van der Waals surface area contributed by atoms with Crippen molar-refractivity contribution in [1.29, 1.82) is 0 Å². The fourth-order valence-corrected chi connectivity index (χ4v) is 3.47. The zero-order chi connectivity index (χ0) is 19.5. The second-order valence-electron chi connectivity index (χ2n) is 6.83. The summed E-state index contributed by atoms with van der Waals surface area (Å²) in [5.41, 5.74) is 3.63. The van der Waals surface area contributed by atoms with Crippen molar-refractivity contribution in [2.24, 2.45) is 0 Å². The molecule has 140 valence electrons. The van der Waals surface area contributed by atoms with E-state index in [4.69, 9.17) is 0 Å². The Morgan fingerprint density at radius 2 is 2.00 bits per heavy atom. The van der Waals surface area contributed by atoms with Gasteiger partial charge in [0.05, 0.1) is 0 Å². The topological polar surface area (TPSA) is 75.2 Å². The first-order valence-corrected chi connectivity index (χ1v) is 9.18. The van der Waals surface area contributed by atoms with Crippen LogP contribution in [0.5, 0.6) is 0 Å². The van der Waals surface area contributed by atoms with E-state index in [1.165, 1.54) is 6.20 Å². The Balaban J connectivity index is 1.52. The number of amides is 2. The Kier molecular flexibility index (Phi) is 4.85. The average molecular weight is 372 g/mol. The van der Waals surface area contributed by atoms with Crippen LogP contribution in [0, 0.1) is 0 Å². The SMILES string of the molecule is CC1Cc2ccccc2N1C(=O)c1cc(C(=O)NCc2cccnc2)ccn1. The van der Waals surface area contributed by atoms with Crippen LogP contribution in [0.1, 0.15) is 38.9 Å². The summed E-state index contributed by atoms with van der Waals surface area (Å²) in [6, 6.07) is 14.8. The van der Waals surface area contributed by atoms with Gasteiger partial charge in [-0.05, 0) is 48.7 Å². The van der Waals surface area contributed by atoms with Crippen LogP contribution in [0.25, 0.3) is 0 Å². The predicted octanol–water partition coefficient (Wildman–Crippen LogP) is 3.00. The molecule has 4 rings (SSSR count). The van der Waals surface area contributed by atoms with E-state index in [9.17, 15) is 9.59 Å². The third-order valence-corrected chi connectivity index (χ3v) is 4.84. The lowest BCUT2D eigenvalue weighted by atomic mass is 10.1. The molecule has 0 spiro atoms. The Hall–Kier alpha value is -3.54. The fraction of sp³-hybridized carbons (Fsp3) is 0.182. The molecule has 0 saturated heterocycles. The summed E-state index contributed by atoms with van der Waals surface area (Å²) < 4.78 is 0. The number of rotatable bonds is 4. The number of nitrogens with one attached hydrogen (secondary N) is 1. The van der Waals surface area contributed by atoms with E-state index in [1.807, 2.05) is 43.3 Å². The first-order chi connectivity index (χ1) is 13.6. The summed E-state index contributed by atoms with van der Waals surface area (Å²) >= 11 is 0. The van der Waals surface area contributed by atoms with E-state index in [-0.39, 0.29) is 23.6 Å². The smallest absolute Gasteiger partial charge is 0.277 e. The van der Waals surface area contributed by atoms with Crippen LogP contribution in [0.3, 0.4) is 0 Å². The Bertz CT molecular complexity index is 1020. The van der Waals surface area contributed by atoms with Crippen molar-refractivity contribution in [3.63, 3.8) is 0 Å². The second kappa shape index (κ2) is 7.60. The molecule has 0 bridgehead atoms. The number of hydrogen-bond acceptors (Lipinski definition) is 4. The van der Waals surface area contributed by atoms with Crippen molar-refractivity contribution in [2.75, 3.05) is 4.90 Å². The number of carbonyl (C=O) groups excluding carboxylic acids is 2. The molecule has 1 aromatic carbocycles. The number of aromatic nitrogens is 2. The summed E-state index contributed by atoms with van der Waals surface area (Å²) in [4.78, 5) is 35.6. The molecule has 1 atom stereocenters. The van der Waals surface area contributed by atoms with Gasteiger partial charge < -0.3 is 10.2 Å². The van der Waals surface area contributed by atoms with E-state index >= 15 is 0 Å². The Morgan fingerprint density at radius 1 is 1.14 bits per heavy atom. The molecule has 3 aromatic rings. The predicted molar refractivity (Wildman–Crippen MR) is 106 cm³/mol. The maximum Gasteiger partial charge on any atom is 0.277 e. The number of nitrogens with zero attached hydrogens (tertiary/aromatic N) is 3. The van der Waals surface area contributed by atoms with Gasteiger partial charge in [0.15, 0.2) is 0 Å². The van der Waals surface area contributed by atoms with Crippen molar-refractivity contribution >= 4 is 17.5 Å². The number of fused-ring (bicyclic) bond motifs is 1. The van der Waals surface area contributed by atoms with Crippen LogP contribution in [0.4, 0.5) is 5.69 Å². The second-order valence-corrected chi connectivity index (χ2v) is 6.83. The Morgan fingerprint density at radius 3 is 2.82 bits per heavy atom. The number of anilines is 1. The standard InChI is InChI=1S/C22H20N4O2/c1-15-11-17-6-2-3-7-20(17)26(15)22(28)19-12-18(8-10-24-19)21(27)25-14-16-5-4-9-23-13-16/h2-10,12-13,15H,11,14H2,1H3,(H,25,27). The first kappa shape index (κ1) is 17.9. The summed E-state index contributed by atoms with van der Waals surface area (Å²) in [6.45, 7) is 2.39. The molecule has 0 aliphatic carbocycles. The maximum absolute atomic E-state index is 13.1. The minimum Gasteiger partial charge on any atom is -0.348 e. The highest BCUT2D eigenvalue weighted by molar-refractivity contribution is 6.07. The van der Waals surface area contributed by atoms with Gasteiger partial charge in [0, 0.05) is 42.4 Å². The van der Waals surface area contributed by atoms with E-state index in [1.54, 1.807) is 29.4 Å². The third kappa shape index (κ3) is 3.49. The summed E-state index contributed by atoms with van der Waals surface area (Å²) in [7, 11) is 0. The normalized spacial score (nSPS) is 15.2. The molecule has 1 unspecified atom stereocenters. The first-order valence-electron chi connectivity index (χ1n) is 9.18. The van der Waals surface area contributed by atoms with Gasteiger partial charge in [-0.25, -0.2) is 0 Å². The van der Waals surface area contributed by atoms with Crippen LogP contribution >= 0.6 is 0 Å². The molecular formula is C22H20N4O2. The van der Waals surface area contributed by atoms with Gasteiger partial charge in [-0.1, -0.05) is 24.3 Å². The van der Waals surface area contributed by atoms with Gasteiger partial charge >= 0.3 is 0 Å². The molecule has 28 heavy (non-hydrogen) atoms. The van der Waals surface area contributed by atoms with Crippen molar-refractivity contribution in [1.82, 2.24) is 15.3 Å². The van der Waals surface area contributed by atoms with Crippen LogP contribution < -0.4 is 10.2 Å². The molecule has 1 aliphatic heterocycles. The highest BCUT2D eigenvalue weighted by Gasteiger charge is 2.32. The molecule has 0 saturated carbocycles. The summed E-state index contributed by atoms with van der Waals surface area (Å²) in [5.74, 6) is -0.450. The largest absolute Gasteiger partial charge is 0.348 e. The lowest BCUT2D eigenvalue weighted by Gasteiger charge is -2.22. The molecule has 0 fully saturated rings. The molecule has 6 heteroatoms. The molecule has 2 amide bonds. The highest BCUT2D eigenvalue weighted by Crippen LogP contribution is 2.32. The van der Waals surface area contributed by atoms with Crippen molar-refractivity contribution in [2.45, 2.75) is 25.9 Å². The van der Waals surface area contributed by atoms with E-state index in [0.717, 1.165) is 23.2 Å². The van der Waals surface area contributed by atoms with Crippen LogP contribution in [-0.4, -0.2) is 27.8 Å². The van der Waals surface area contributed by atoms with E-state index in [0.29, 0.717) is 12.1 Å². The zero-order valence-corrected chi connectivity index (χ0v) is 15.5. The maximum atomic E-state index is 13.1. The lowest BCUT2D eigenvalue weighted by molar-refractivity contribution is 0.0950. The fourth-order valence-electron chi connectivity index (χ4n) is 3.47. The number of pyridine rings is 2. The number of hydrogen-bond donors (Lipinski definition) is 1. The average Bonchev–Trinajstić information content (AvgIpc) is 3.08. The van der Waals surface area contributed by atoms with Gasteiger partial charge in [-0.3, -0.25) is 19.6 Å². The van der Waals surface area contributed by atoms with Gasteiger partial charge in [-0.15, -0.1) is 0 Å². The Labute approximate surface area is 163 Å². The molecule has 3 heterocycles. The van der Waals surface area contributed by atoms with Gasteiger partial charge in [0.2, 0.25) is 0 Å². The molecule has 1 aliphatic rings. The van der Waals surface area contributed by atoms with Crippen molar-refractivity contribution < 1.29 is 9.59 Å². The molecule has 0 radical (unpaired) electrons. The lowest BCUT2D eigenvalue weighted by Crippen LogP contribution is -2.36. The molecule has 6 nitrogen and oxygen atoms in total.